The van der Waals surface area contributed by atoms with Gasteiger partial charge in [0.15, 0.2) is 0 Å². The molecule has 0 N–H and O–H groups in total. The van der Waals surface area contributed by atoms with Gasteiger partial charge >= 0.3 is 12.3 Å². The van der Waals surface area contributed by atoms with Crippen molar-refractivity contribution in [2.45, 2.75) is 38.8 Å². The van der Waals surface area contributed by atoms with Gasteiger partial charge in [-0.1, -0.05) is 6.92 Å². The van der Waals surface area contributed by atoms with Crippen LogP contribution in [0.25, 0.3) is 0 Å². The van der Waals surface area contributed by atoms with E-state index in [2.05, 4.69) is 9.47 Å². The van der Waals surface area contributed by atoms with Crippen molar-refractivity contribution in [3.8, 4) is 0 Å². The Kier molecular flexibility index (Phi) is 6.90. The summed E-state index contributed by atoms with van der Waals surface area (Å²) >= 11 is 0. The van der Waals surface area contributed by atoms with Crippen molar-refractivity contribution in [3.63, 3.8) is 0 Å². The summed E-state index contributed by atoms with van der Waals surface area (Å²) in [5, 5.41) is 0. The lowest BCUT2D eigenvalue weighted by atomic mass is 10.2. The maximum Gasteiger partial charge on any atom is 0.508 e. The summed E-state index contributed by atoms with van der Waals surface area (Å²) in [6, 6.07) is 0. The zero-order valence-corrected chi connectivity index (χ0v) is 8.60. The lowest BCUT2D eigenvalue weighted by Crippen LogP contribution is -2.10. The van der Waals surface area contributed by atoms with E-state index in [1.807, 2.05) is 6.92 Å². The van der Waals surface area contributed by atoms with Crippen LogP contribution in [0.3, 0.4) is 0 Å². The van der Waals surface area contributed by atoms with E-state index in [1.165, 1.54) is 0 Å². The van der Waals surface area contributed by atoms with Crippen LogP contribution in [0, 0.1) is 0 Å². The minimum Gasteiger partial charge on any atom is -0.434 e. The molecule has 0 bridgehead atoms. The molecule has 0 atom stereocenters. The molecule has 0 heterocycles. The van der Waals surface area contributed by atoms with E-state index in [9.17, 15) is 18.0 Å². The van der Waals surface area contributed by atoms with Gasteiger partial charge in [0.2, 0.25) is 0 Å². The molecule has 0 aliphatic heterocycles. The van der Waals surface area contributed by atoms with Crippen molar-refractivity contribution < 1.29 is 27.4 Å². The molecule has 0 spiro atoms. The summed E-state index contributed by atoms with van der Waals surface area (Å²) < 4.78 is 44.1. The molecule has 0 fully saturated rings. The van der Waals surface area contributed by atoms with E-state index in [4.69, 9.17) is 0 Å². The molecule has 0 radical (unpaired) electrons. The Bertz CT molecular complexity index is 180. The van der Waals surface area contributed by atoms with E-state index in [0.717, 1.165) is 0 Å². The van der Waals surface area contributed by atoms with E-state index < -0.39 is 18.8 Å². The second-order valence-electron chi connectivity index (χ2n) is 3.02. The van der Waals surface area contributed by atoms with Gasteiger partial charge in [-0.2, -0.15) is 13.2 Å². The summed E-state index contributed by atoms with van der Waals surface area (Å²) in [6.07, 6.45) is -4.96. The topological polar surface area (TPSA) is 35.5 Å². The molecule has 0 aromatic carbocycles. The van der Waals surface area contributed by atoms with Crippen LogP contribution in [0.1, 0.15) is 32.6 Å². The molecular weight excluding hydrogens is 213 g/mol. The van der Waals surface area contributed by atoms with Gasteiger partial charge in [0.25, 0.3) is 0 Å². The number of carbonyl (C=O) groups excluding carboxylic acids is 1. The van der Waals surface area contributed by atoms with E-state index >= 15 is 0 Å². The largest absolute Gasteiger partial charge is 0.508 e. The number of alkyl halides is 3. The molecule has 0 unspecified atom stereocenters. The fourth-order valence-electron chi connectivity index (χ4n) is 0.810. The second kappa shape index (κ2) is 7.36. The zero-order valence-electron chi connectivity index (χ0n) is 8.60. The number of hydrogen-bond donors (Lipinski definition) is 0. The molecule has 6 heteroatoms. The highest BCUT2D eigenvalue weighted by molar-refractivity contribution is 5.59. The molecule has 0 aliphatic carbocycles. The maximum absolute atomic E-state index is 11.7. The third-order valence-corrected chi connectivity index (χ3v) is 1.50. The van der Waals surface area contributed by atoms with Crippen LogP contribution >= 0.6 is 0 Å². The first kappa shape index (κ1) is 14.1. The summed E-state index contributed by atoms with van der Waals surface area (Å²) in [5.41, 5.74) is 0. The van der Waals surface area contributed by atoms with E-state index in [1.54, 1.807) is 0 Å². The number of carbonyl (C=O) groups is 1. The number of rotatable bonds is 6. The monoisotopic (exact) mass is 228 g/mol. The highest BCUT2D eigenvalue weighted by Gasteiger charge is 2.25. The molecule has 0 aromatic heterocycles. The molecular formula is C9H15F3O3. The van der Waals surface area contributed by atoms with Crippen LogP contribution in [-0.4, -0.2) is 25.5 Å². The van der Waals surface area contributed by atoms with Crippen molar-refractivity contribution in [3.05, 3.63) is 0 Å². The zero-order chi connectivity index (χ0) is 11.7. The van der Waals surface area contributed by atoms with Gasteiger partial charge in [-0.05, 0) is 19.3 Å². The van der Waals surface area contributed by atoms with Crippen molar-refractivity contribution >= 4 is 6.16 Å². The van der Waals surface area contributed by atoms with Gasteiger partial charge in [0.1, 0.15) is 0 Å². The molecule has 3 nitrogen and oxygen atoms in total. The van der Waals surface area contributed by atoms with E-state index in [-0.39, 0.29) is 26.1 Å². The second-order valence-corrected chi connectivity index (χ2v) is 3.02. The summed E-state index contributed by atoms with van der Waals surface area (Å²) in [5.74, 6) is 0. The van der Waals surface area contributed by atoms with Crippen LogP contribution in [0.5, 0.6) is 0 Å². The quantitative estimate of drug-likeness (QED) is 0.517. The standard InChI is InChI=1S/C9H15F3O3/c1-2-6-14-8(13)15-7-4-3-5-9(10,11)12/h2-7H2,1H3. The first-order chi connectivity index (χ1) is 6.95. The number of ether oxygens (including phenoxy) is 2. The lowest BCUT2D eigenvalue weighted by Gasteiger charge is -2.06. The fourth-order valence-corrected chi connectivity index (χ4v) is 0.810. The smallest absolute Gasteiger partial charge is 0.434 e. The summed E-state index contributed by atoms with van der Waals surface area (Å²) in [4.78, 5) is 10.7. The first-order valence-corrected chi connectivity index (χ1v) is 4.82. The Balaban J connectivity index is 3.27. The molecule has 0 aromatic rings. The average molecular weight is 228 g/mol. The number of halogens is 3. The number of unbranched alkanes of at least 4 members (excludes halogenated alkanes) is 1. The molecule has 90 valence electrons. The highest BCUT2D eigenvalue weighted by atomic mass is 19.4. The molecule has 0 saturated carbocycles. The maximum atomic E-state index is 11.7. The van der Waals surface area contributed by atoms with Crippen molar-refractivity contribution in [1.29, 1.82) is 0 Å². The molecule has 0 saturated heterocycles. The number of hydrogen-bond acceptors (Lipinski definition) is 3. The van der Waals surface area contributed by atoms with Crippen molar-refractivity contribution in [2.75, 3.05) is 13.2 Å². The van der Waals surface area contributed by atoms with Crippen LogP contribution in [0.4, 0.5) is 18.0 Å². The van der Waals surface area contributed by atoms with Gasteiger partial charge in [0.05, 0.1) is 13.2 Å². The van der Waals surface area contributed by atoms with Crippen LogP contribution in [0.2, 0.25) is 0 Å². The Morgan fingerprint density at radius 3 is 2.27 bits per heavy atom. The van der Waals surface area contributed by atoms with Crippen LogP contribution in [-0.2, 0) is 9.47 Å². The molecule has 15 heavy (non-hydrogen) atoms. The molecule has 0 rings (SSSR count). The SMILES string of the molecule is CCCOC(=O)OCCCCC(F)(F)F. The van der Waals surface area contributed by atoms with Crippen LogP contribution in [0.15, 0.2) is 0 Å². The normalized spacial score (nSPS) is 11.2. The van der Waals surface area contributed by atoms with Gasteiger partial charge < -0.3 is 9.47 Å². The summed E-state index contributed by atoms with van der Waals surface area (Å²) in [7, 11) is 0. The van der Waals surface area contributed by atoms with Gasteiger partial charge in [0, 0.05) is 6.42 Å². The predicted molar refractivity (Wildman–Crippen MR) is 47.5 cm³/mol. The third-order valence-electron chi connectivity index (χ3n) is 1.50. The van der Waals surface area contributed by atoms with Gasteiger partial charge in [-0.25, -0.2) is 4.79 Å². The van der Waals surface area contributed by atoms with Gasteiger partial charge in [-0.15, -0.1) is 0 Å². The average Bonchev–Trinajstić information content (AvgIpc) is 2.12. The first-order valence-electron chi connectivity index (χ1n) is 4.82. The van der Waals surface area contributed by atoms with Gasteiger partial charge in [-0.3, -0.25) is 0 Å². The van der Waals surface area contributed by atoms with Crippen LogP contribution < -0.4 is 0 Å². The fraction of sp³-hybridized carbons (Fsp3) is 0.889. The predicted octanol–water partition coefficient (Wildman–Crippen LogP) is 3.28. The Morgan fingerprint density at radius 2 is 1.73 bits per heavy atom. The molecule has 0 aliphatic rings. The lowest BCUT2D eigenvalue weighted by molar-refractivity contribution is -0.135. The van der Waals surface area contributed by atoms with Crippen molar-refractivity contribution in [2.24, 2.45) is 0 Å². The highest BCUT2D eigenvalue weighted by Crippen LogP contribution is 2.21. The minimum absolute atomic E-state index is 0.0291. The van der Waals surface area contributed by atoms with Crippen molar-refractivity contribution in [1.82, 2.24) is 0 Å². The summed E-state index contributed by atoms with van der Waals surface area (Å²) in [6.45, 7) is 2.07. The Morgan fingerprint density at radius 1 is 1.13 bits per heavy atom. The third kappa shape index (κ3) is 11.0. The Labute approximate surface area is 86.5 Å². The minimum atomic E-state index is -4.14. The Hall–Kier alpha value is -0.940. The van der Waals surface area contributed by atoms with E-state index in [0.29, 0.717) is 6.42 Å². The molecule has 0 amide bonds.